The summed E-state index contributed by atoms with van der Waals surface area (Å²) in [5, 5.41) is 17.9. The maximum atomic E-state index is 13.2. The van der Waals surface area contributed by atoms with E-state index in [0.29, 0.717) is 18.0 Å². The van der Waals surface area contributed by atoms with Crippen LogP contribution in [-0.4, -0.2) is 34.2 Å². The van der Waals surface area contributed by atoms with Crippen molar-refractivity contribution >= 4 is 5.97 Å². The summed E-state index contributed by atoms with van der Waals surface area (Å²) in [5.41, 5.74) is 0.673. The molecule has 0 spiro atoms. The van der Waals surface area contributed by atoms with Gasteiger partial charge in [-0.1, -0.05) is 6.07 Å². The van der Waals surface area contributed by atoms with Gasteiger partial charge in [-0.3, -0.25) is 9.69 Å². The van der Waals surface area contributed by atoms with Crippen molar-refractivity contribution < 1.29 is 19.4 Å². The minimum atomic E-state index is -0.880. The van der Waals surface area contributed by atoms with Crippen LogP contribution in [0.3, 0.4) is 0 Å². The van der Waals surface area contributed by atoms with E-state index in [2.05, 4.69) is 0 Å². The third-order valence-corrected chi connectivity index (χ3v) is 2.99. The predicted octanol–water partition coefficient (Wildman–Crippen LogP) is 1.83. The van der Waals surface area contributed by atoms with Gasteiger partial charge in [0.2, 0.25) is 0 Å². The standard InChI is InChI=1S/C13H16FNO3/c14-11-5-10(3-4-12(11)16)7-15(8-13(17)18)6-9-1-2-9/h3-5,9,16H,1-2,6-8H2,(H,17,18). The first-order valence-electron chi connectivity index (χ1n) is 5.96. The molecule has 5 heteroatoms. The number of carboxylic acids is 1. The first-order valence-corrected chi connectivity index (χ1v) is 5.96. The van der Waals surface area contributed by atoms with Crippen molar-refractivity contribution in [2.24, 2.45) is 5.92 Å². The number of aromatic hydroxyl groups is 1. The summed E-state index contributed by atoms with van der Waals surface area (Å²) < 4.78 is 13.2. The zero-order valence-electron chi connectivity index (χ0n) is 9.97. The van der Waals surface area contributed by atoms with Crippen LogP contribution < -0.4 is 0 Å². The van der Waals surface area contributed by atoms with Crippen LogP contribution in [0.2, 0.25) is 0 Å². The number of benzene rings is 1. The van der Waals surface area contributed by atoms with Crippen LogP contribution in [-0.2, 0) is 11.3 Å². The van der Waals surface area contributed by atoms with Gasteiger partial charge in [-0.05, 0) is 36.5 Å². The molecule has 0 atom stereocenters. The van der Waals surface area contributed by atoms with E-state index in [0.717, 1.165) is 19.4 Å². The summed E-state index contributed by atoms with van der Waals surface area (Å²) in [6, 6.07) is 4.15. The lowest BCUT2D eigenvalue weighted by molar-refractivity contribution is -0.138. The molecule has 1 aliphatic rings. The number of phenolic OH excluding ortho intramolecular Hbond substituents is 1. The monoisotopic (exact) mass is 253 g/mol. The molecule has 0 saturated heterocycles. The zero-order chi connectivity index (χ0) is 13.1. The molecule has 0 heterocycles. The van der Waals surface area contributed by atoms with Crippen molar-refractivity contribution in [1.82, 2.24) is 4.90 Å². The highest BCUT2D eigenvalue weighted by atomic mass is 19.1. The fourth-order valence-electron chi connectivity index (χ4n) is 1.95. The highest BCUT2D eigenvalue weighted by Crippen LogP contribution is 2.30. The van der Waals surface area contributed by atoms with E-state index in [-0.39, 0.29) is 12.3 Å². The SMILES string of the molecule is O=C(O)CN(Cc1ccc(O)c(F)c1)CC1CC1. The molecule has 0 bridgehead atoms. The second kappa shape index (κ2) is 5.35. The summed E-state index contributed by atoms with van der Waals surface area (Å²) in [7, 11) is 0. The minimum Gasteiger partial charge on any atom is -0.505 e. The van der Waals surface area contributed by atoms with Crippen LogP contribution in [0.4, 0.5) is 4.39 Å². The van der Waals surface area contributed by atoms with Gasteiger partial charge >= 0.3 is 5.97 Å². The zero-order valence-corrected chi connectivity index (χ0v) is 9.97. The maximum Gasteiger partial charge on any atom is 0.317 e. The van der Waals surface area contributed by atoms with Crippen LogP contribution in [0.25, 0.3) is 0 Å². The number of hydrogen-bond acceptors (Lipinski definition) is 3. The van der Waals surface area contributed by atoms with Gasteiger partial charge < -0.3 is 10.2 Å². The number of hydrogen-bond donors (Lipinski definition) is 2. The molecule has 0 radical (unpaired) electrons. The number of aliphatic carboxylic acids is 1. The lowest BCUT2D eigenvalue weighted by atomic mass is 10.2. The second-order valence-corrected chi connectivity index (χ2v) is 4.79. The average molecular weight is 253 g/mol. The van der Waals surface area contributed by atoms with Gasteiger partial charge in [-0.25, -0.2) is 4.39 Å². The van der Waals surface area contributed by atoms with Gasteiger partial charge in [-0.15, -0.1) is 0 Å². The van der Waals surface area contributed by atoms with Gasteiger partial charge in [0.05, 0.1) is 6.54 Å². The predicted molar refractivity (Wildman–Crippen MR) is 63.7 cm³/mol. The molecule has 4 nitrogen and oxygen atoms in total. The quantitative estimate of drug-likeness (QED) is 0.812. The van der Waals surface area contributed by atoms with Crippen molar-refractivity contribution in [2.45, 2.75) is 19.4 Å². The Morgan fingerprint density at radius 3 is 2.72 bits per heavy atom. The minimum absolute atomic E-state index is 0.0427. The molecule has 1 saturated carbocycles. The normalized spacial score (nSPS) is 15.0. The van der Waals surface area contributed by atoms with Gasteiger partial charge in [0.25, 0.3) is 0 Å². The number of halogens is 1. The lowest BCUT2D eigenvalue weighted by Gasteiger charge is -2.20. The van der Waals surface area contributed by atoms with E-state index >= 15 is 0 Å². The number of carbonyl (C=O) groups is 1. The van der Waals surface area contributed by atoms with Gasteiger partial charge in [0.15, 0.2) is 11.6 Å². The number of nitrogens with zero attached hydrogens (tertiary/aromatic N) is 1. The van der Waals surface area contributed by atoms with Crippen molar-refractivity contribution in [3.63, 3.8) is 0 Å². The van der Waals surface area contributed by atoms with Crippen LogP contribution in [0.15, 0.2) is 18.2 Å². The lowest BCUT2D eigenvalue weighted by Crippen LogP contribution is -2.31. The molecule has 0 amide bonds. The topological polar surface area (TPSA) is 60.8 Å². The Labute approximate surface area is 105 Å². The molecular weight excluding hydrogens is 237 g/mol. The number of phenols is 1. The molecule has 1 aliphatic carbocycles. The van der Waals surface area contributed by atoms with E-state index in [9.17, 15) is 9.18 Å². The Bertz CT molecular complexity index is 446. The van der Waals surface area contributed by atoms with Gasteiger partial charge in [-0.2, -0.15) is 0 Å². The van der Waals surface area contributed by atoms with Crippen LogP contribution in [0.1, 0.15) is 18.4 Å². The summed E-state index contributed by atoms with van der Waals surface area (Å²) in [4.78, 5) is 12.6. The molecule has 1 fully saturated rings. The largest absolute Gasteiger partial charge is 0.505 e. The summed E-state index contributed by atoms with van der Waals surface area (Å²) in [5.74, 6) is -1.36. The van der Waals surface area contributed by atoms with Gasteiger partial charge in [0, 0.05) is 13.1 Å². The second-order valence-electron chi connectivity index (χ2n) is 4.79. The Morgan fingerprint density at radius 2 is 2.17 bits per heavy atom. The molecule has 18 heavy (non-hydrogen) atoms. The number of carboxylic acid groups (broad SMARTS) is 1. The first kappa shape index (κ1) is 12.8. The van der Waals surface area contributed by atoms with Crippen molar-refractivity contribution in [3.05, 3.63) is 29.6 Å². The van der Waals surface area contributed by atoms with E-state index in [1.165, 1.54) is 12.1 Å². The van der Waals surface area contributed by atoms with E-state index < -0.39 is 11.8 Å². The molecule has 0 aliphatic heterocycles. The van der Waals surface area contributed by atoms with Crippen molar-refractivity contribution in [1.29, 1.82) is 0 Å². The highest BCUT2D eigenvalue weighted by Gasteiger charge is 2.25. The summed E-state index contributed by atoms with van der Waals surface area (Å²) in [6.07, 6.45) is 2.28. The van der Waals surface area contributed by atoms with Crippen molar-refractivity contribution in [3.8, 4) is 5.75 Å². The third kappa shape index (κ3) is 3.70. The fraction of sp³-hybridized carbons (Fsp3) is 0.462. The molecule has 1 aromatic rings. The summed E-state index contributed by atoms with van der Waals surface area (Å²) >= 11 is 0. The molecule has 0 aromatic heterocycles. The Hall–Kier alpha value is -1.62. The van der Waals surface area contributed by atoms with E-state index in [1.807, 2.05) is 0 Å². The molecule has 1 aromatic carbocycles. The Morgan fingerprint density at radius 1 is 1.44 bits per heavy atom. The molecule has 0 unspecified atom stereocenters. The molecule has 98 valence electrons. The van der Waals surface area contributed by atoms with Crippen LogP contribution >= 0.6 is 0 Å². The van der Waals surface area contributed by atoms with Crippen LogP contribution in [0.5, 0.6) is 5.75 Å². The Kier molecular flexibility index (Phi) is 3.81. The van der Waals surface area contributed by atoms with E-state index in [4.69, 9.17) is 10.2 Å². The van der Waals surface area contributed by atoms with Crippen LogP contribution in [0, 0.1) is 11.7 Å². The highest BCUT2D eigenvalue weighted by molar-refractivity contribution is 5.69. The summed E-state index contributed by atoms with van der Waals surface area (Å²) in [6.45, 7) is 1.08. The van der Waals surface area contributed by atoms with E-state index in [1.54, 1.807) is 11.0 Å². The fourth-order valence-corrected chi connectivity index (χ4v) is 1.95. The third-order valence-electron chi connectivity index (χ3n) is 2.99. The molecule has 2 N–H and O–H groups in total. The molecule has 2 rings (SSSR count). The number of rotatable bonds is 6. The smallest absolute Gasteiger partial charge is 0.317 e. The maximum absolute atomic E-state index is 13.2. The molecular formula is C13H16FNO3. The Balaban J connectivity index is 2.01. The first-order chi connectivity index (χ1) is 8.54. The van der Waals surface area contributed by atoms with Gasteiger partial charge in [0.1, 0.15) is 0 Å². The van der Waals surface area contributed by atoms with Crippen molar-refractivity contribution in [2.75, 3.05) is 13.1 Å². The average Bonchev–Trinajstić information content (AvgIpc) is 3.06.